The second-order valence-corrected chi connectivity index (χ2v) is 10.4. The molecule has 1 aliphatic heterocycles. The molecule has 1 aliphatic rings. The van der Waals surface area contributed by atoms with E-state index in [0.29, 0.717) is 16.5 Å². The molecule has 3 heterocycles. The van der Waals surface area contributed by atoms with Gasteiger partial charge in [-0.05, 0) is 94.0 Å². The van der Waals surface area contributed by atoms with E-state index < -0.39 is 0 Å². The predicted octanol–water partition coefficient (Wildman–Crippen LogP) is 8.93. The van der Waals surface area contributed by atoms with Crippen LogP contribution < -0.4 is 9.62 Å². The summed E-state index contributed by atoms with van der Waals surface area (Å²) in [5, 5.41) is 11.3. The molecule has 5 rings (SSSR count). The molecular weight excluding hydrogens is 605 g/mol. The molecule has 0 bridgehead atoms. The summed E-state index contributed by atoms with van der Waals surface area (Å²) in [5.74, 6) is 0.704. The Balaban J connectivity index is 0.000000328. The molecule has 0 amide bonds. The maximum Gasteiger partial charge on any atom is 0.150 e. The number of hydrogen-bond acceptors (Lipinski definition) is 8. The number of H-pyrrole nitrogens is 1. The fourth-order valence-electron chi connectivity index (χ4n) is 3.34. The smallest absolute Gasteiger partial charge is 0.150 e. The molecule has 232 valence electrons. The lowest BCUT2D eigenvalue weighted by atomic mass is 10.1. The number of nitrogens with zero attached hydrogens (tertiary/aromatic N) is 2. The first-order chi connectivity index (χ1) is 20.9. The largest absolute Gasteiger partial charge is 0.388 e. The van der Waals surface area contributed by atoms with Gasteiger partial charge < -0.3 is 29.5 Å². The number of halogens is 2. The van der Waals surface area contributed by atoms with Gasteiger partial charge in [0.1, 0.15) is 12.2 Å². The second-order valence-electron chi connectivity index (χ2n) is 8.47. The number of hydrogen-bond donors (Lipinski definition) is 3. The summed E-state index contributed by atoms with van der Waals surface area (Å²) in [6.45, 7) is 10.7. The van der Waals surface area contributed by atoms with E-state index in [4.69, 9.17) is 33.3 Å². The van der Waals surface area contributed by atoms with Crippen molar-refractivity contribution in [3.05, 3.63) is 88.7 Å². The maximum atomic E-state index is 10.5. The standard InChI is InChI=1S/C14H12ClN3.C10H11NO2S.C4H7Cl.C3H8O.CH3N/c1-16-10-2-3-12(15)11(8-10)14-13-9(4-6-17-13)5-7-18-14;12-7-9-1-3-10(4-2-9)11-5-6-13-8-14-11;1-3-4(2)5;1-3-4-2;1-2/h2-8,16-17H,1H3;1-4,7H,5-6,8H2;3H,1-2H3;3H2,1-2H3;2H,1H2/b;;4-3+;;. The number of carbonyl (C=O) groups excluding carboxylic acids is 1. The van der Waals surface area contributed by atoms with E-state index in [1.807, 2.05) is 94.7 Å². The van der Waals surface area contributed by atoms with E-state index in [1.165, 1.54) is 0 Å². The lowest BCUT2D eigenvalue weighted by Crippen LogP contribution is -2.26. The van der Waals surface area contributed by atoms with Gasteiger partial charge in [0.05, 0.1) is 29.4 Å². The summed E-state index contributed by atoms with van der Waals surface area (Å²) in [6, 6.07) is 17.4. The number of aldehydes is 1. The third-order valence-corrected chi connectivity index (χ3v) is 7.24. The minimum absolute atomic E-state index is 0.698. The van der Waals surface area contributed by atoms with Crippen LogP contribution in [0.25, 0.3) is 22.2 Å². The van der Waals surface area contributed by atoms with Crippen molar-refractivity contribution >= 4 is 70.4 Å². The van der Waals surface area contributed by atoms with Crippen LogP contribution in [0.15, 0.2) is 78.1 Å². The average Bonchev–Trinajstić information content (AvgIpc) is 3.57. The third-order valence-electron chi connectivity index (χ3n) is 5.72. The Morgan fingerprint density at radius 1 is 1.23 bits per heavy atom. The first-order valence-corrected chi connectivity index (χ1v) is 15.1. The molecule has 1 saturated heterocycles. The van der Waals surface area contributed by atoms with Gasteiger partial charge in [0.25, 0.3) is 0 Å². The summed E-state index contributed by atoms with van der Waals surface area (Å²) >= 11 is 13.2. The number of ether oxygens (including phenoxy) is 2. The molecule has 2 aromatic heterocycles. The minimum atomic E-state index is 0.698. The Morgan fingerprint density at radius 2 is 1.91 bits per heavy atom. The number of fused-ring (bicyclic) bond motifs is 1. The van der Waals surface area contributed by atoms with Crippen molar-refractivity contribution in [1.29, 1.82) is 5.41 Å². The van der Waals surface area contributed by atoms with Crippen LogP contribution in [-0.2, 0) is 9.47 Å². The topological polar surface area (TPSA) is 103 Å². The Hall–Kier alpha value is -3.34. The number of aromatic amines is 1. The van der Waals surface area contributed by atoms with Gasteiger partial charge in [0.15, 0.2) is 0 Å². The number of rotatable bonds is 5. The van der Waals surface area contributed by atoms with Gasteiger partial charge in [-0.25, -0.2) is 0 Å². The van der Waals surface area contributed by atoms with E-state index >= 15 is 0 Å². The molecule has 0 spiro atoms. The van der Waals surface area contributed by atoms with Crippen LogP contribution in [-0.4, -0.2) is 62.8 Å². The van der Waals surface area contributed by atoms with Gasteiger partial charge >= 0.3 is 0 Å². The molecule has 8 nitrogen and oxygen atoms in total. The van der Waals surface area contributed by atoms with Crippen LogP contribution >= 0.6 is 35.1 Å². The summed E-state index contributed by atoms with van der Waals surface area (Å²) in [7, 11) is 3.57. The molecule has 0 aliphatic carbocycles. The van der Waals surface area contributed by atoms with E-state index in [9.17, 15) is 4.79 Å². The summed E-state index contributed by atoms with van der Waals surface area (Å²) in [6.07, 6.45) is 6.41. The number of methoxy groups -OCH3 is 1. The lowest BCUT2D eigenvalue weighted by molar-refractivity contribution is 0.112. The quantitative estimate of drug-likeness (QED) is 0.113. The van der Waals surface area contributed by atoms with Crippen LogP contribution in [0.4, 0.5) is 11.4 Å². The first kappa shape index (κ1) is 37.7. The number of allylic oxidation sites excluding steroid dienone is 2. The zero-order valence-corrected chi connectivity index (χ0v) is 27.7. The Labute approximate surface area is 269 Å². The third kappa shape index (κ3) is 13.2. The number of pyridine rings is 1. The maximum absolute atomic E-state index is 10.5. The second kappa shape index (κ2) is 22.2. The number of benzene rings is 2. The molecule has 4 aromatic rings. The molecule has 0 unspecified atom stereocenters. The van der Waals surface area contributed by atoms with E-state index in [2.05, 4.69) is 31.0 Å². The molecule has 1 fully saturated rings. The minimum Gasteiger partial charge on any atom is -0.388 e. The number of nitrogens with one attached hydrogen (secondary N) is 3. The molecule has 0 saturated carbocycles. The first-order valence-electron chi connectivity index (χ1n) is 13.4. The molecule has 0 atom stereocenters. The number of carbonyl (C=O) groups is 1. The van der Waals surface area contributed by atoms with Gasteiger partial charge in [0, 0.05) is 66.1 Å². The Morgan fingerprint density at radius 3 is 2.44 bits per heavy atom. The molecule has 2 aromatic carbocycles. The van der Waals surface area contributed by atoms with Gasteiger partial charge in [-0.2, -0.15) is 0 Å². The highest BCUT2D eigenvalue weighted by Crippen LogP contribution is 2.33. The van der Waals surface area contributed by atoms with Crippen LogP contribution in [0.2, 0.25) is 5.02 Å². The SMILES string of the molecule is C/C=C(\C)Cl.C=N.CCOC.CNc1ccc(Cl)c(-c2nccc3cc[nH]c23)c1.O=Cc1ccc(N2CCOCS2)cc1. The highest BCUT2D eigenvalue weighted by molar-refractivity contribution is 8.00. The van der Waals surface area contributed by atoms with E-state index in [-0.39, 0.29) is 0 Å². The summed E-state index contributed by atoms with van der Waals surface area (Å²) in [4.78, 5) is 18.1. The molecular formula is C32H41Cl2N5O3S. The van der Waals surface area contributed by atoms with Crippen LogP contribution in [0.3, 0.4) is 0 Å². The number of anilines is 2. The van der Waals surface area contributed by atoms with Crippen LogP contribution in [0.1, 0.15) is 31.1 Å². The summed E-state index contributed by atoms with van der Waals surface area (Å²) < 4.78 is 12.0. The lowest BCUT2D eigenvalue weighted by Gasteiger charge is -2.27. The van der Waals surface area contributed by atoms with Gasteiger partial charge in [-0.3, -0.25) is 9.78 Å². The average molecular weight is 647 g/mol. The zero-order chi connectivity index (χ0) is 32.0. The van der Waals surface area contributed by atoms with Crippen molar-refractivity contribution in [2.24, 2.45) is 0 Å². The van der Waals surface area contributed by atoms with Gasteiger partial charge in [-0.1, -0.05) is 29.3 Å². The summed E-state index contributed by atoms with van der Waals surface area (Å²) in [5.41, 5.74) is 5.67. The van der Waals surface area contributed by atoms with Crippen molar-refractivity contribution in [2.75, 3.05) is 49.5 Å². The van der Waals surface area contributed by atoms with Crippen molar-refractivity contribution < 1.29 is 14.3 Å². The molecule has 11 heteroatoms. The highest BCUT2D eigenvalue weighted by atomic mass is 35.5. The highest BCUT2D eigenvalue weighted by Gasteiger charge is 2.12. The van der Waals surface area contributed by atoms with E-state index in [0.717, 1.165) is 64.6 Å². The number of aromatic nitrogens is 2. The molecule has 3 N–H and O–H groups in total. The Bertz CT molecular complexity index is 1370. The van der Waals surface area contributed by atoms with Gasteiger partial charge in [-0.15, -0.1) is 0 Å². The van der Waals surface area contributed by atoms with Crippen LogP contribution in [0.5, 0.6) is 0 Å². The normalized spacial score (nSPS) is 12.2. The molecule has 43 heavy (non-hydrogen) atoms. The monoisotopic (exact) mass is 645 g/mol. The van der Waals surface area contributed by atoms with Crippen molar-refractivity contribution in [3.8, 4) is 11.3 Å². The van der Waals surface area contributed by atoms with Gasteiger partial charge in [0.2, 0.25) is 0 Å². The fraction of sp³-hybridized carbons (Fsp3) is 0.281. The van der Waals surface area contributed by atoms with E-state index in [1.54, 1.807) is 25.3 Å². The van der Waals surface area contributed by atoms with Crippen LogP contribution in [0, 0.1) is 5.41 Å². The Kier molecular flexibility index (Phi) is 19.5. The molecule has 0 radical (unpaired) electrons. The zero-order valence-electron chi connectivity index (χ0n) is 25.3. The van der Waals surface area contributed by atoms with Crippen molar-refractivity contribution in [1.82, 2.24) is 9.97 Å². The van der Waals surface area contributed by atoms with Crippen molar-refractivity contribution in [2.45, 2.75) is 20.8 Å². The fourth-order valence-corrected chi connectivity index (χ4v) is 4.34. The predicted molar refractivity (Wildman–Crippen MR) is 186 cm³/mol. The van der Waals surface area contributed by atoms with Crippen molar-refractivity contribution in [3.63, 3.8) is 0 Å².